The van der Waals surface area contributed by atoms with E-state index in [0.717, 1.165) is 29.8 Å². The molecule has 3 heteroatoms. The van der Waals surface area contributed by atoms with Crippen LogP contribution in [0.15, 0.2) is 24.4 Å². The number of aryl methyl sites for hydroxylation is 2. The van der Waals surface area contributed by atoms with Gasteiger partial charge in [-0.15, -0.1) is 0 Å². The van der Waals surface area contributed by atoms with E-state index in [1.165, 1.54) is 11.1 Å². The van der Waals surface area contributed by atoms with E-state index in [0.29, 0.717) is 0 Å². The second-order valence-corrected chi connectivity index (χ2v) is 4.73. The van der Waals surface area contributed by atoms with Gasteiger partial charge in [-0.2, -0.15) is 5.10 Å². The van der Waals surface area contributed by atoms with Crippen molar-refractivity contribution in [3.8, 4) is 5.69 Å². The summed E-state index contributed by atoms with van der Waals surface area (Å²) in [7, 11) is 0. The maximum Gasteiger partial charge on any atom is 0.0715 e. The van der Waals surface area contributed by atoms with Crippen molar-refractivity contribution in [3.05, 3.63) is 46.8 Å². The first-order chi connectivity index (χ1) is 8.67. The minimum absolute atomic E-state index is 0.0558. The Morgan fingerprint density at radius 1 is 1.28 bits per heavy atom. The van der Waals surface area contributed by atoms with Gasteiger partial charge in [0, 0.05) is 11.3 Å². The summed E-state index contributed by atoms with van der Waals surface area (Å²) < 4.78 is 1.96. The molecule has 2 rings (SSSR count). The van der Waals surface area contributed by atoms with Crippen LogP contribution in [0.2, 0.25) is 0 Å². The highest BCUT2D eigenvalue weighted by Gasteiger charge is 2.12. The van der Waals surface area contributed by atoms with Crippen LogP contribution in [0, 0.1) is 13.8 Å². The largest absolute Gasteiger partial charge is 0.392 e. The van der Waals surface area contributed by atoms with Crippen LogP contribution in [0.3, 0.4) is 0 Å². The van der Waals surface area contributed by atoms with Gasteiger partial charge >= 0.3 is 0 Å². The van der Waals surface area contributed by atoms with Crippen LogP contribution in [0.25, 0.3) is 5.69 Å². The van der Waals surface area contributed by atoms with Crippen LogP contribution in [-0.4, -0.2) is 14.9 Å². The van der Waals surface area contributed by atoms with Crippen molar-refractivity contribution in [1.82, 2.24) is 9.78 Å². The molecule has 0 bridgehead atoms. The lowest BCUT2D eigenvalue weighted by molar-refractivity contribution is 0.280. The molecule has 0 fully saturated rings. The van der Waals surface area contributed by atoms with Crippen molar-refractivity contribution in [2.45, 2.75) is 40.2 Å². The first kappa shape index (κ1) is 12.8. The molecule has 1 heterocycles. The van der Waals surface area contributed by atoms with Crippen LogP contribution in [0.4, 0.5) is 0 Å². The van der Waals surface area contributed by atoms with E-state index >= 15 is 0 Å². The lowest BCUT2D eigenvalue weighted by Gasteiger charge is -2.11. The van der Waals surface area contributed by atoms with E-state index < -0.39 is 0 Å². The molecule has 1 aromatic heterocycles. The quantitative estimate of drug-likeness (QED) is 0.898. The van der Waals surface area contributed by atoms with Crippen molar-refractivity contribution in [3.63, 3.8) is 0 Å². The van der Waals surface area contributed by atoms with Gasteiger partial charge in [0.15, 0.2) is 0 Å². The third-order valence-corrected chi connectivity index (χ3v) is 3.19. The van der Waals surface area contributed by atoms with E-state index in [2.05, 4.69) is 44.1 Å². The van der Waals surface area contributed by atoms with Crippen molar-refractivity contribution in [2.24, 2.45) is 0 Å². The van der Waals surface area contributed by atoms with Crippen LogP contribution in [0.5, 0.6) is 0 Å². The van der Waals surface area contributed by atoms with Crippen molar-refractivity contribution >= 4 is 0 Å². The van der Waals surface area contributed by atoms with Gasteiger partial charge < -0.3 is 5.11 Å². The van der Waals surface area contributed by atoms with Gasteiger partial charge in [0.1, 0.15) is 0 Å². The Labute approximate surface area is 108 Å². The molecule has 0 unspecified atom stereocenters. The lowest BCUT2D eigenvalue weighted by atomic mass is 10.1. The normalized spacial score (nSPS) is 10.9. The predicted octanol–water partition coefficient (Wildman–Crippen LogP) is 2.93. The number of benzene rings is 1. The third kappa shape index (κ3) is 2.31. The Morgan fingerprint density at radius 3 is 2.67 bits per heavy atom. The monoisotopic (exact) mass is 244 g/mol. The number of aliphatic hydroxyl groups excluding tert-OH is 1. The van der Waals surface area contributed by atoms with Gasteiger partial charge in [-0.05, 0) is 31.9 Å². The lowest BCUT2D eigenvalue weighted by Crippen LogP contribution is -2.05. The van der Waals surface area contributed by atoms with Crippen molar-refractivity contribution in [2.75, 3.05) is 0 Å². The molecule has 0 atom stereocenters. The highest BCUT2D eigenvalue weighted by Crippen LogP contribution is 2.20. The van der Waals surface area contributed by atoms with Crippen LogP contribution < -0.4 is 0 Å². The maximum absolute atomic E-state index is 9.37. The summed E-state index contributed by atoms with van der Waals surface area (Å²) in [5, 5.41) is 13.8. The highest BCUT2D eigenvalue weighted by molar-refractivity contribution is 5.44. The minimum atomic E-state index is 0.0558. The zero-order chi connectivity index (χ0) is 13.1. The fourth-order valence-corrected chi connectivity index (χ4v) is 2.29. The molecule has 1 aromatic carbocycles. The van der Waals surface area contributed by atoms with Gasteiger partial charge in [-0.25, -0.2) is 4.68 Å². The molecule has 1 N–H and O–H groups in total. The first-order valence-corrected chi connectivity index (χ1v) is 6.41. The van der Waals surface area contributed by atoms with Crippen molar-refractivity contribution < 1.29 is 5.11 Å². The van der Waals surface area contributed by atoms with Crippen LogP contribution in [0.1, 0.15) is 35.7 Å². The van der Waals surface area contributed by atoms with Gasteiger partial charge in [-0.1, -0.05) is 31.0 Å². The number of aromatic nitrogens is 2. The molecule has 0 aliphatic heterocycles. The molecular formula is C15H20N2O. The fourth-order valence-electron chi connectivity index (χ4n) is 2.29. The van der Waals surface area contributed by atoms with E-state index in [-0.39, 0.29) is 6.61 Å². The van der Waals surface area contributed by atoms with Crippen molar-refractivity contribution in [1.29, 1.82) is 0 Å². The zero-order valence-corrected chi connectivity index (χ0v) is 11.3. The molecule has 3 nitrogen and oxygen atoms in total. The third-order valence-electron chi connectivity index (χ3n) is 3.19. The molecule has 0 saturated carbocycles. The second kappa shape index (κ2) is 5.36. The minimum Gasteiger partial charge on any atom is -0.392 e. The summed E-state index contributed by atoms with van der Waals surface area (Å²) in [5.74, 6) is 0. The second-order valence-electron chi connectivity index (χ2n) is 4.73. The Morgan fingerprint density at radius 2 is 2.06 bits per heavy atom. The summed E-state index contributed by atoms with van der Waals surface area (Å²) in [5.41, 5.74) is 5.61. The predicted molar refractivity (Wildman–Crippen MR) is 73.0 cm³/mol. The van der Waals surface area contributed by atoms with E-state index in [9.17, 15) is 5.11 Å². The van der Waals surface area contributed by atoms with E-state index in [1.54, 1.807) is 6.20 Å². The highest BCUT2D eigenvalue weighted by atomic mass is 16.3. The van der Waals surface area contributed by atoms with Gasteiger partial charge in [0.25, 0.3) is 0 Å². The number of hydrogen-bond acceptors (Lipinski definition) is 2. The van der Waals surface area contributed by atoms with Gasteiger partial charge in [0.2, 0.25) is 0 Å². The fraction of sp³-hybridized carbons (Fsp3) is 0.400. The average molecular weight is 244 g/mol. The standard InChI is InChI=1S/C15H20N2O/c1-4-5-15-13(10-18)9-16-17(15)14-7-6-11(2)8-12(14)3/h6-9,18H,4-5,10H2,1-3H3. The van der Waals surface area contributed by atoms with E-state index in [1.807, 2.05) is 4.68 Å². The summed E-state index contributed by atoms with van der Waals surface area (Å²) in [4.78, 5) is 0. The molecule has 0 saturated heterocycles. The molecule has 0 aliphatic carbocycles. The Balaban J connectivity index is 2.52. The Kier molecular flexibility index (Phi) is 3.82. The van der Waals surface area contributed by atoms with Gasteiger partial charge in [-0.3, -0.25) is 0 Å². The Bertz CT molecular complexity index is 543. The smallest absolute Gasteiger partial charge is 0.0715 e. The number of rotatable bonds is 4. The molecule has 0 spiro atoms. The number of hydrogen-bond donors (Lipinski definition) is 1. The maximum atomic E-state index is 9.37. The summed E-state index contributed by atoms with van der Waals surface area (Å²) in [6, 6.07) is 6.35. The topological polar surface area (TPSA) is 38.1 Å². The molecule has 2 aromatic rings. The molecule has 0 aliphatic rings. The summed E-state index contributed by atoms with van der Waals surface area (Å²) in [6.45, 7) is 6.38. The first-order valence-electron chi connectivity index (χ1n) is 6.41. The molecule has 0 amide bonds. The SMILES string of the molecule is CCCc1c(CO)cnn1-c1ccc(C)cc1C. The zero-order valence-electron chi connectivity index (χ0n) is 11.3. The molecular weight excluding hydrogens is 224 g/mol. The molecule has 0 radical (unpaired) electrons. The average Bonchev–Trinajstić information content (AvgIpc) is 2.73. The summed E-state index contributed by atoms with van der Waals surface area (Å²) >= 11 is 0. The molecule has 18 heavy (non-hydrogen) atoms. The van der Waals surface area contributed by atoms with Crippen LogP contribution in [-0.2, 0) is 13.0 Å². The summed E-state index contributed by atoms with van der Waals surface area (Å²) in [6.07, 6.45) is 3.75. The molecule has 96 valence electrons. The van der Waals surface area contributed by atoms with E-state index in [4.69, 9.17) is 0 Å². The van der Waals surface area contributed by atoms with Crippen LogP contribution >= 0.6 is 0 Å². The Hall–Kier alpha value is -1.61. The van der Waals surface area contributed by atoms with Gasteiger partial charge in [0.05, 0.1) is 18.5 Å². The number of nitrogens with zero attached hydrogens (tertiary/aromatic N) is 2. The number of aliphatic hydroxyl groups is 1.